The summed E-state index contributed by atoms with van der Waals surface area (Å²) in [4.78, 5) is 34.0. The van der Waals surface area contributed by atoms with Gasteiger partial charge >= 0.3 is 0 Å². The fourth-order valence-electron chi connectivity index (χ4n) is 2.46. The van der Waals surface area contributed by atoms with Gasteiger partial charge in [-0.1, -0.05) is 12.1 Å². The van der Waals surface area contributed by atoms with E-state index in [0.717, 1.165) is 0 Å². The Labute approximate surface area is 145 Å². The van der Waals surface area contributed by atoms with Gasteiger partial charge in [0.2, 0.25) is 17.8 Å². The van der Waals surface area contributed by atoms with Crippen LogP contribution in [0, 0.1) is 0 Å². The van der Waals surface area contributed by atoms with Crippen LogP contribution >= 0.6 is 0 Å². The number of anilines is 2. The lowest BCUT2D eigenvalue weighted by molar-refractivity contribution is -0.123. The molecule has 0 radical (unpaired) electrons. The van der Waals surface area contributed by atoms with Crippen molar-refractivity contribution < 1.29 is 14.3 Å². The first kappa shape index (κ1) is 16.7. The molecule has 1 aliphatic heterocycles. The average Bonchev–Trinajstić information content (AvgIpc) is 2.79. The van der Waals surface area contributed by atoms with Gasteiger partial charge in [-0.05, 0) is 18.2 Å². The van der Waals surface area contributed by atoms with Crippen LogP contribution in [0.2, 0.25) is 0 Å². The van der Waals surface area contributed by atoms with Crippen LogP contribution in [0.15, 0.2) is 42.7 Å². The summed E-state index contributed by atoms with van der Waals surface area (Å²) in [5.41, 5.74) is 0.621. The van der Waals surface area contributed by atoms with Crippen molar-refractivity contribution in [1.29, 1.82) is 0 Å². The Bertz CT molecular complexity index is 738. The zero-order chi connectivity index (χ0) is 17.5. The van der Waals surface area contributed by atoms with E-state index in [9.17, 15) is 9.59 Å². The van der Waals surface area contributed by atoms with Crippen LogP contribution in [0.1, 0.15) is 6.42 Å². The van der Waals surface area contributed by atoms with Crippen LogP contribution in [0.5, 0.6) is 5.75 Å². The smallest absolute Gasteiger partial charge is 0.240 e. The summed E-state index contributed by atoms with van der Waals surface area (Å²) in [6, 6.07) is 8.95. The van der Waals surface area contributed by atoms with Gasteiger partial charge in [-0.2, -0.15) is 0 Å². The number of carbonyl (C=O) groups excluding carboxylic acids is 2. The number of amides is 2. The second-order valence-electron chi connectivity index (χ2n) is 5.40. The number of benzene rings is 1. The van der Waals surface area contributed by atoms with Crippen molar-refractivity contribution in [3.63, 3.8) is 0 Å². The normalized spacial score (nSPS) is 13.4. The molecule has 0 saturated heterocycles. The lowest BCUT2D eigenvalue weighted by atomic mass is 10.2. The Morgan fingerprint density at radius 2 is 1.96 bits per heavy atom. The highest BCUT2D eigenvalue weighted by Crippen LogP contribution is 2.30. The summed E-state index contributed by atoms with van der Waals surface area (Å²) in [6.45, 7) is 1.16. The third-order valence-electron chi connectivity index (χ3n) is 3.63. The molecule has 0 aliphatic carbocycles. The number of para-hydroxylation sites is 2. The molecule has 0 spiro atoms. The predicted octanol–water partition coefficient (Wildman–Crippen LogP) is 0.820. The number of ether oxygens (including phenoxy) is 1. The number of carbonyl (C=O) groups is 2. The summed E-state index contributed by atoms with van der Waals surface area (Å²) in [5.74, 6) is 0.756. The molecule has 0 saturated carbocycles. The molecule has 25 heavy (non-hydrogen) atoms. The standard InChI is InChI=1S/C17H19N5O3/c23-15(18-9-10-21-17-19-7-3-8-20-17)12-22-13-4-1-2-5-14(13)25-11-6-16(22)24/h1-5,7-8H,6,9-12H2,(H,18,23)(H,19,20,21). The van der Waals surface area contributed by atoms with Crippen molar-refractivity contribution >= 4 is 23.5 Å². The Balaban J connectivity index is 1.52. The van der Waals surface area contributed by atoms with E-state index in [1.54, 1.807) is 30.6 Å². The van der Waals surface area contributed by atoms with Crippen molar-refractivity contribution in [1.82, 2.24) is 15.3 Å². The maximum absolute atomic E-state index is 12.3. The zero-order valence-corrected chi connectivity index (χ0v) is 13.6. The van der Waals surface area contributed by atoms with E-state index in [1.807, 2.05) is 12.1 Å². The third-order valence-corrected chi connectivity index (χ3v) is 3.63. The Morgan fingerprint density at radius 3 is 2.80 bits per heavy atom. The van der Waals surface area contributed by atoms with E-state index in [4.69, 9.17) is 4.74 Å². The maximum Gasteiger partial charge on any atom is 0.240 e. The topological polar surface area (TPSA) is 96.5 Å². The number of nitrogens with zero attached hydrogens (tertiary/aromatic N) is 3. The first-order valence-electron chi connectivity index (χ1n) is 8.04. The first-order valence-corrected chi connectivity index (χ1v) is 8.04. The lowest BCUT2D eigenvalue weighted by Gasteiger charge is -2.21. The van der Waals surface area contributed by atoms with E-state index in [2.05, 4.69) is 20.6 Å². The van der Waals surface area contributed by atoms with Gasteiger partial charge in [0.15, 0.2) is 0 Å². The molecular weight excluding hydrogens is 322 g/mol. The Morgan fingerprint density at radius 1 is 1.16 bits per heavy atom. The van der Waals surface area contributed by atoms with E-state index >= 15 is 0 Å². The Hall–Kier alpha value is -3.16. The van der Waals surface area contributed by atoms with Gasteiger partial charge in [-0.25, -0.2) is 9.97 Å². The second kappa shape index (κ2) is 8.09. The van der Waals surface area contributed by atoms with Gasteiger partial charge in [-0.15, -0.1) is 0 Å². The SMILES string of the molecule is O=C(CN1C(=O)CCOc2ccccc21)NCCNc1ncccn1. The minimum Gasteiger partial charge on any atom is -0.491 e. The van der Waals surface area contributed by atoms with Gasteiger partial charge in [0, 0.05) is 25.5 Å². The number of nitrogens with one attached hydrogen (secondary N) is 2. The van der Waals surface area contributed by atoms with E-state index in [-0.39, 0.29) is 24.8 Å². The van der Waals surface area contributed by atoms with Crippen molar-refractivity contribution in [2.45, 2.75) is 6.42 Å². The van der Waals surface area contributed by atoms with Gasteiger partial charge in [0.1, 0.15) is 12.3 Å². The highest BCUT2D eigenvalue weighted by atomic mass is 16.5. The molecule has 0 atom stereocenters. The number of hydrogen-bond acceptors (Lipinski definition) is 6. The predicted molar refractivity (Wildman–Crippen MR) is 92.4 cm³/mol. The van der Waals surface area contributed by atoms with E-state index in [0.29, 0.717) is 37.1 Å². The van der Waals surface area contributed by atoms with Crippen molar-refractivity contribution in [3.8, 4) is 5.75 Å². The summed E-state index contributed by atoms with van der Waals surface area (Å²) in [6.07, 6.45) is 3.52. The molecule has 1 aromatic heterocycles. The number of fused-ring (bicyclic) bond motifs is 1. The molecule has 130 valence electrons. The first-order chi connectivity index (χ1) is 12.2. The van der Waals surface area contributed by atoms with E-state index in [1.165, 1.54) is 4.90 Å². The minimum absolute atomic E-state index is 0.0406. The van der Waals surface area contributed by atoms with Crippen molar-refractivity contribution in [2.24, 2.45) is 0 Å². The van der Waals surface area contributed by atoms with Gasteiger partial charge in [0.05, 0.1) is 18.7 Å². The molecule has 8 heteroatoms. The molecule has 2 aromatic rings. The van der Waals surface area contributed by atoms with Gasteiger partial charge in [-0.3, -0.25) is 14.5 Å². The largest absolute Gasteiger partial charge is 0.491 e. The van der Waals surface area contributed by atoms with Crippen molar-refractivity contribution in [3.05, 3.63) is 42.7 Å². The van der Waals surface area contributed by atoms with Crippen LogP contribution in [0.25, 0.3) is 0 Å². The van der Waals surface area contributed by atoms with Crippen LogP contribution in [-0.4, -0.2) is 48.0 Å². The lowest BCUT2D eigenvalue weighted by Crippen LogP contribution is -2.41. The second-order valence-corrected chi connectivity index (χ2v) is 5.40. The molecular formula is C17H19N5O3. The summed E-state index contributed by atoms with van der Waals surface area (Å²) in [5, 5.41) is 5.78. The average molecular weight is 341 g/mol. The van der Waals surface area contributed by atoms with Crippen LogP contribution in [-0.2, 0) is 9.59 Å². The molecule has 2 heterocycles. The minimum atomic E-state index is -0.235. The molecule has 2 amide bonds. The van der Waals surface area contributed by atoms with E-state index < -0.39 is 0 Å². The highest BCUT2D eigenvalue weighted by molar-refractivity contribution is 6.00. The monoisotopic (exact) mass is 341 g/mol. The quantitative estimate of drug-likeness (QED) is 0.755. The van der Waals surface area contributed by atoms with Crippen LogP contribution in [0.4, 0.5) is 11.6 Å². The number of hydrogen-bond donors (Lipinski definition) is 2. The molecule has 1 aromatic carbocycles. The number of rotatable bonds is 6. The summed E-state index contributed by atoms with van der Waals surface area (Å²) < 4.78 is 5.56. The molecule has 0 fully saturated rings. The highest BCUT2D eigenvalue weighted by Gasteiger charge is 2.24. The van der Waals surface area contributed by atoms with Gasteiger partial charge < -0.3 is 15.4 Å². The molecule has 1 aliphatic rings. The fourth-order valence-corrected chi connectivity index (χ4v) is 2.46. The van der Waals surface area contributed by atoms with Gasteiger partial charge in [0.25, 0.3) is 0 Å². The Kier molecular flexibility index (Phi) is 5.40. The fraction of sp³-hybridized carbons (Fsp3) is 0.294. The number of aromatic nitrogens is 2. The molecule has 2 N–H and O–H groups in total. The van der Waals surface area contributed by atoms with Crippen LogP contribution < -0.4 is 20.3 Å². The third kappa shape index (κ3) is 4.43. The van der Waals surface area contributed by atoms with Crippen molar-refractivity contribution in [2.75, 3.05) is 36.5 Å². The molecule has 0 unspecified atom stereocenters. The maximum atomic E-state index is 12.3. The molecule has 3 rings (SSSR count). The summed E-state index contributed by atoms with van der Waals surface area (Å²) in [7, 11) is 0. The van der Waals surface area contributed by atoms with Crippen LogP contribution in [0.3, 0.4) is 0 Å². The summed E-state index contributed by atoms with van der Waals surface area (Å²) >= 11 is 0. The molecule has 0 bridgehead atoms. The zero-order valence-electron chi connectivity index (χ0n) is 13.6. The molecule has 8 nitrogen and oxygen atoms in total.